The highest BCUT2D eigenvalue weighted by atomic mass is 35.5. The second kappa shape index (κ2) is 10.4. The van der Waals surface area contributed by atoms with Crippen LogP contribution in [0.2, 0.25) is 0 Å². The molecule has 1 aliphatic heterocycles. The first kappa shape index (κ1) is 19.7. The fraction of sp³-hybridized carbons (Fsp3) is 0.933. The van der Waals surface area contributed by atoms with E-state index in [2.05, 4.69) is 43.1 Å². The standard InChI is InChI=1S/C15H31N3O.ClH/c1-13(2)12-18(10-9-17(3)4)15(19)11-14-5-7-16-8-6-14;/h13-14,16H,5-12H2,1-4H3;1H. The Hall–Kier alpha value is -0.320. The zero-order valence-electron chi connectivity index (χ0n) is 13.5. The largest absolute Gasteiger partial charge is 0.341 e. The van der Waals surface area contributed by atoms with Crippen LogP contribution in [0, 0.1) is 11.8 Å². The normalized spacial score (nSPS) is 16.3. The molecule has 20 heavy (non-hydrogen) atoms. The fourth-order valence-electron chi connectivity index (χ4n) is 2.54. The molecular formula is C15H32ClN3O. The molecule has 0 unspecified atom stereocenters. The molecule has 0 bridgehead atoms. The molecule has 1 N–H and O–H groups in total. The van der Waals surface area contributed by atoms with E-state index in [0.717, 1.165) is 52.0 Å². The van der Waals surface area contributed by atoms with E-state index >= 15 is 0 Å². The van der Waals surface area contributed by atoms with Crippen LogP contribution in [-0.2, 0) is 4.79 Å². The van der Waals surface area contributed by atoms with Crippen molar-refractivity contribution in [3.63, 3.8) is 0 Å². The molecule has 1 amide bonds. The van der Waals surface area contributed by atoms with Gasteiger partial charge in [0.2, 0.25) is 5.91 Å². The van der Waals surface area contributed by atoms with Gasteiger partial charge in [-0.2, -0.15) is 0 Å². The molecular weight excluding hydrogens is 274 g/mol. The molecule has 0 radical (unpaired) electrons. The predicted octanol–water partition coefficient (Wildman–Crippen LogP) is 1.84. The number of hydrogen-bond donors (Lipinski definition) is 1. The van der Waals surface area contributed by atoms with Crippen LogP contribution in [0.4, 0.5) is 0 Å². The lowest BCUT2D eigenvalue weighted by Crippen LogP contribution is -2.40. The van der Waals surface area contributed by atoms with E-state index in [9.17, 15) is 4.79 Å². The highest BCUT2D eigenvalue weighted by Gasteiger charge is 2.21. The van der Waals surface area contributed by atoms with Gasteiger partial charge < -0.3 is 15.1 Å². The first-order chi connectivity index (χ1) is 8.99. The average Bonchev–Trinajstić information content (AvgIpc) is 2.35. The number of piperidine rings is 1. The second-order valence-electron chi connectivity index (χ2n) is 6.43. The van der Waals surface area contributed by atoms with Crippen molar-refractivity contribution in [3.8, 4) is 0 Å². The van der Waals surface area contributed by atoms with E-state index in [1.807, 2.05) is 0 Å². The Kier molecular flexibility index (Phi) is 10.2. The van der Waals surface area contributed by atoms with E-state index in [-0.39, 0.29) is 12.4 Å². The van der Waals surface area contributed by atoms with Crippen LogP contribution in [-0.4, -0.2) is 62.5 Å². The SMILES string of the molecule is CC(C)CN(CCN(C)C)C(=O)CC1CCNCC1.Cl. The number of halogens is 1. The van der Waals surface area contributed by atoms with Gasteiger partial charge in [-0.1, -0.05) is 13.8 Å². The van der Waals surface area contributed by atoms with Crippen molar-refractivity contribution in [3.05, 3.63) is 0 Å². The van der Waals surface area contributed by atoms with E-state index in [1.54, 1.807) is 0 Å². The third-order valence-corrected chi connectivity index (χ3v) is 3.68. The van der Waals surface area contributed by atoms with Crippen LogP contribution in [0.1, 0.15) is 33.1 Å². The zero-order valence-corrected chi connectivity index (χ0v) is 14.3. The van der Waals surface area contributed by atoms with Crippen molar-refractivity contribution in [1.29, 1.82) is 0 Å². The lowest BCUT2D eigenvalue weighted by molar-refractivity contribution is -0.133. The predicted molar refractivity (Wildman–Crippen MR) is 87.4 cm³/mol. The third-order valence-electron chi connectivity index (χ3n) is 3.68. The van der Waals surface area contributed by atoms with Gasteiger partial charge in [0.15, 0.2) is 0 Å². The summed E-state index contributed by atoms with van der Waals surface area (Å²) in [5, 5.41) is 3.36. The number of rotatable bonds is 7. The van der Waals surface area contributed by atoms with Gasteiger partial charge in [0, 0.05) is 26.1 Å². The number of amides is 1. The fourth-order valence-corrected chi connectivity index (χ4v) is 2.54. The van der Waals surface area contributed by atoms with Gasteiger partial charge in [-0.15, -0.1) is 12.4 Å². The molecule has 4 nitrogen and oxygen atoms in total. The summed E-state index contributed by atoms with van der Waals surface area (Å²) in [7, 11) is 4.12. The third kappa shape index (κ3) is 8.08. The summed E-state index contributed by atoms with van der Waals surface area (Å²) >= 11 is 0. The summed E-state index contributed by atoms with van der Waals surface area (Å²) in [5.74, 6) is 1.48. The van der Waals surface area contributed by atoms with Crippen molar-refractivity contribution in [2.45, 2.75) is 33.1 Å². The molecule has 1 heterocycles. The first-order valence-corrected chi connectivity index (χ1v) is 7.62. The Bertz CT molecular complexity index is 266. The number of nitrogens with one attached hydrogen (secondary N) is 1. The minimum absolute atomic E-state index is 0. The van der Waals surface area contributed by atoms with Crippen LogP contribution in [0.15, 0.2) is 0 Å². The van der Waals surface area contributed by atoms with E-state index in [0.29, 0.717) is 17.7 Å². The van der Waals surface area contributed by atoms with Gasteiger partial charge >= 0.3 is 0 Å². The average molecular weight is 306 g/mol. The molecule has 0 aromatic carbocycles. The smallest absolute Gasteiger partial charge is 0.222 e. The number of likely N-dealkylation sites (N-methyl/N-ethyl adjacent to an activating group) is 1. The lowest BCUT2D eigenvalue weighted by atomic mass is 9.94. The van der Waals surface area contributed by atoms with Crippen LogP contribution < -0.4 is 5.32 Å². The maximum Gasteiger partial charge on any atom is 0.222 e. The molecule has 120 valence electrons. The quantitative estimate of drug-likeness (QED) is 0.780. The van der Waals surface area contributed by atoms with Crippen molar-refractivity contribution in [1.82, 2.24) is 15.1 Å². The van der Waals surface area contributed by atoms with Gasteiger partial charge in [-0.3, -0.25) is 4.79 Å². The Morgan fingerprint density at radius 1 is 1.20 bits per heavy atom. The molecule has 0 atom stereocenters. The summed E-state index contributed by atoms with van der Waals surface area (Å²) in [6, 6.07) is 0. The highest BCUT2D eigenvalue weighted by Crippen LogP contribution is 2.17. The minimum atomic E-state index is 0. The number of carbonyl (C=O) groups is 1. The summed E-state index contributed by atoms with van der Waals surface area (Å²) < 4.78 is 0. The van der Waals surface area contributed by atoms with Gasteiger partial charge in [-0.05, 0) is 51.9 Å². The van der Waals surface area contributed by atoms with Crippen LogP contribution in [0.25, 0.3) is 0 Å². The van der Waals surface area contributed by atoms with Crippen molar-refractivity contribution in [2.75, 3.05) is 46.8 Å². The highest BCUT2D eigenvalue weighted by molar-refractivity contribution is 5.85. The Morgan fingerprint density at radius 3 is 2.30 bits per heavy atom. The molecule has 0 spiro atoms. The van der Waals surface area contributed by atoms with Gasteiger partial charge in [-0.25, -0.2) is 0 Å². The summed E-state index contributed by atoms with van der Waals surface area (Å²) in [6.45, 7) is 9.19. The molecule has 1 fully saturated rings. The summed E-state index contributed by atoms with van der Waals surface area (Å²) in [6.07, 6.45) is 3.03. The molecule has 5 heteroatoms. The van der Waals surface area contributed by atoms with E-state index in [1.165, 1.54) is 0 Å². The number of nitrogens with zero attached hydrogens (tertiary/aromatic N) is 2. The van der Waals surface area contributed by atoms with Gasteiger partial charge in [0.1, 0.15) is 0 Å². The summed E-state index contributed by atoms with van der Waals surface area (Å²) in [4.78, 5) is 16.7. The molecule has 0 aliphatic carbocycles. The van der Waals surface area contributed by atoms with Crippen molar-refractivity contribution < 1.29 is 4.79 Å². The molecule has 1 saturated heterocycles. The number of hydrogen-bond acceptors (Lipinski definition) is 3. The number of carbonyl (C=O) groups excluding carboxylic acids is 1. The molecule has 1 aliphatic rings. The van der Waals surface area contributed by atoms with Crippen molar-refractivity contribution in [2.24, 2.45) is 11.8 Å². The minimum Gasteiger partial charge on any atom is -0.341 e. The zero-order chi connectivity index (χ0) is 14.3. The Balaban J connectivity index is 0.00000361. The van der Waals surface area contributed by atoms with Crippen LogP contribution >= 0.6 is 12.4 Å². The summed E-state index contributed by atoms with van der Waals surface area (Å²) in [5.41, 5.74) is 0. The monoisotopic (exact) mass is 305 g/mol. The molecule has 0 aromatic rings. The van der Waals surface area contributed by atoms with Crippen LogP contribution in [0.3, 0.4) is 0 Å². The van der Waals surface area contributed by atoms with Crippen molar-refractivity contribution >= 4 is 18.3 Å². The van der Waals surface area contributed by atoms with E-state index < -0.39 is 0 Å². The van der Waals surface area contributed by atoms with E-state index in [4.69, 9.17) is 0 Å². The maximum absolute atomic E-state index is 12.4. The van der Waals surface area contributed by atoms with Gasteiger partial charge in [0.05, 0.1) is 0 Å². The molecule has 0 aromatic heterocycles. The van der Waals surface area contributed by atoms with Crippen LogP contribution in [0.5, 0.6) is 0 Å². The topological polar surface area (TPSA) is 35.6 Å². The molecule has 0 saturated carbocycles. The molecule has 1 rings (SSSR count). The maximum atomic E-state index is 12.4. The Labute approximate surface area is 130 Å². The lowest BCUT2D eigenvalue weighted by Gasteiger charge is -2.29. The Morgan fingerprint density at radius 2 is 1.80 bits per heavy atom. The first-order valence-electron chi connectivity index (χ1n) is 7.62. The second-order valence-corrected chi connectivity index (χ2v) is 6.43. The van der Waals surface area contributed by atoms with Gasteiger partial charge in [0.25, 0.3) is 0 Å².